The zero-order chi connectivity index (χ0) is 13.4. The first kappa shape index (κ1) is 14.1. The van der Waals surface area contributed by atoms with Crippen molar-refractivity contribution < 1.29 is 27.1 Å². The average molecular weight is 305 g/mol. The van der Waals surface area contributed by atoms with Crippen LogP contribution in [0.4, 0.5) is 8.78 Å². The molecule has 0 heterocycles. The van der Waals surface area contributed by atoms with E-state index >= 15 is 0 Å². The maximum absolute atomic E-state index is 13.0. The summed E-state index contributed by atoms with van der Waals surface area (Å²) in [5.74, 6) is -2.76. The fourth-order valence-electron chi connectivity index (χ4n) is 0.907. The van der Waals surface area contributed by atoms with Crippen molar-refractivity contribution in [2.24, 2.45) is 0 Å². The van der Waals surface area contributed by atoms with E-state index in [-0.39, 0.29) is 10.0 Å². The van der Waals surface area contributed by atoms with Crippen LogP contribution in [0.3, 0.4) is 0 Å². The largest absolute Gasteiger partial charge is 0.476 e. The Morgan fingerprint density at radius 1 is 1.24 bits per heavy atom. The van der Waals surface area contributed by atoms with Crippen LogP contribution in [0.25, 0.3) is 0 Å². The molecular weight excluding hydrogens is 301 g/mol. The standard InChI is InChI=1S/C8H4Cl2F2O4S/c9-5-2-1-4(3-6(5)10)17(15,16)8(11,12)7(13)14/h1-3H,(H,13,14). The number of aliphatic carboxylic acids is 1. The van der Waals surface area contributed by atoms with Gasteiger partial charge in [-0.2, -0.15) is 8.78 Å². The Morgan fingerprint density at radius 2 is 1.76 bits per heavy atom. The molecule has 0 fully saturated rings. The van der Waals surface area contributed by atoms with Crippen LogP contribution >= 0.6 is 23.2 Å². The predicted octanol–water partition coefficient (Wildman–Crippen LogP) is 2.44. The van der Waals surface area contributed by atoms with E-state index in [4.69, 9.17) is 28.3 Å². The second-order valence-corrected chi connectivity index (χ2v) is 5.71. The molecule has 1 rings (SSSR count). The lowest BCUT2D eigenvalue weighted by atomic mass is 10.4. The Morgan fingerprint density at radius 3 is 2.18 bits per heavy atom. The minimum atomic E-state index is -5.35. The van der Waals surface area contributed by atoms with Crippen LogP contribution in [0.1, 0.15) is 0 Å². The molecule has 0 radical (unpaired) electrons. The lowest BCUT2D eigenvalue weighted by Gasteiger charge is -2.12. The van der Waals surface area contributed by atoms with Gasteiger partial charge < -0.3 is 5.11 Å². The van der Waals surface area contributed by atoms with Gasteiger partial charge in [-0.1, -0.05) is 23.2 Å². The summed E-state index contributed by atoms with van der Waals surface area (Å²) in [7, 11) is -5.35. The fraction of sp³-hybridized carbons (Fsp3) is 0.125. The third-order valence-electron chi connectivity index (χ3n) is 1.79. The number of benzene rings is 1. The normalized spacial score (nSPS) is 12.5. The Balaban J connectivity index is 3.42. The molecule has 0 saturated heterocycles. The lowest BCUT2D eigenvalue weighted by molar-refractivity contribution is -0.153. The molecule has 0 aliphatic heterocycles. The highest BCUT2D eigenvalue weighted by molar-refractivity contribution is 7.93. The summed E-state index contributed by atoms with van der Waals surface area (Å²) < 4.78 is 48.6. The highest BCUT2D eigenvalue weighted by Crippen LogP contribution is 2.32. The van der Waals surface area contributed by atoms with Gasteiger partial charge in [-0.25, -0.2) is 13.2 Å². The first-order chi connectivity index (χ1) is 7.60. The summed E-state index contributed by atoms with van der Waals surface area (Å²) in [6, 6.07) is 2.39. The molecule has 0 saturated carbocycles. The molecule has 0 bridgehead atoms. The van der Waals surface area contributed by atoms with Crippen molar-refractivity contribution in [2.45, 2.75) is 10.2 Å². The van der Waals surface area contributed by atoms with Crippen molar-refractivity contribution in [1.29, 1.82) is 0 Å². The SMILES string of the molecule is O=C(O)C(F)(F)S(=O)(=O)c1ccc(Cl)c(Cl)c1. The van der Waals surface area contributed by atoms with Gasteiger partial charge in [-0.05, 0) is 18.2 Å². The highest BCUT2D eigenvalue weighted by atomic mass is 35.5. The van der Waals surface area contributed by atoms with Gasteiger partial charge in [0.1, 0.15) is 0 Å². The van der Waals surface area contributed by atoms with Gasteiger partial charge in [0.05, 0.1) is 14.9 Å². The molecule has 1 aromatic rings. The number of carboxylic acids is 1. The number of alkyl halides is 2. The molecule has 0 amide bonds. The fourth-order valence-corrected chi connectivity index (χ4v) is 2.32. The third-order valence-corrected chi connectivity index (χ3v) is 4.25. The zero-order valence-corrected chi connectivity index (χ0v) is 10.2. The molecular formula is C8H4Cl2F2O4S. The molecule has 0 spiro atoms. The number of hydrogen-bond donors (Lipinski definition) is 1. The highest BCUT2D eigenvalue weighted by Gasteiger charge is 2.54. The Labute approximate surface area is 105 Å². The number of carbonyl (C=O) groups is 1. The monoisotopic (exact) mass is 304 g/mol. The quantitative estimate of drug-likeness (QED) is 0.931. The topological polar surface area (TPSA) is 71.4 Å². The first-order valence-electron chi connectivity index (χ1n) is 3.91. The van der Waals surface area contributed by atoms with Gasteiger partial charge in [-0.3, -0.25) is 0 Å². The van der Waals surface area contributed by atoms with Gasteiger partial charge >= 0.3 is 11.2 Å². The Kier molecular flexibility index (Phi) is 3.66. The molecule has 94 valence electrons. The Bertz CT molecular complexity index is 571. The molecule has 1 aromatic carbocycles. The molecule has 0 aliphatic rings. The molecule has 0 aliphatic carbocycles. The van der Waals surface area contributed by atoms with E-state index in [1.54, 1.807) is 0 Å². The molecule has 0 unspecified atom stereocenters. The zero-order valence-electron chi connectivity index (χ0n) is 7.82. The maximum Gasteiger partial charge on any atom is 0.444 e. The van der Waals surface area contributed by atoms with E-state index in [1.807, 2.05) is 0 Å². The first-order valence-corrected chi connectivity index (χ1v) is 6.15. The van der Waals surface area contributed by atoms with Crippen LogP contribution in [0.5, 0.6) is 0 Å². The van der Waals surface area contributed by atoms with Crippen molar-refractivity contribution >= 4 is 39.0 Å². The van der Waals surface area contributed by atoms with E-state index in [2.05, 4.69) is 0 Å². The lowest BCUT2D eigenvalue weighted by Crippen LogP contribution is -2.37. The Hall–Kier alpha value is -0.920. The van der Waals surface area contributed by atoms with E-state index in [0.717, 1.165) is 12.1 Å². The van der Waals surface area contributed by atoms with Gasteiger partial charge in [0.25, 0.3) is 9.84 Å². The summed E-state index contributed by atoms with van der Waals surface area (Å²) in [5.41, 5.74) is 0. The number of rotatable bonds is 3. The van der Waals surface area contributed by atoms with Gasteiger partial charge in [0, 0.05) is 0 Å². The van der Waals surface area contributed by atoms with Crippen molar-refractivity contribution in [3.63, 3.8) is 0 Å². The average Bonchev–Trinajstić information content (AvgIpc) is 2.21. The summed E-state index contributed by atoms with van der Waals surface area (Å²) in [5, 5.41) is 2.94. The van der Waals surface area contributed by atoms with Crippen LogP contribution in [0, 0.1) is 0 Å². The van der Waals surface area contributed by atoms with E-state index in [9.17, 15) is 22.0 Å². The van der Waals surface area contributed by atoms with E-state index in [1.165, 1.54) is 0 Å². The minimum absolute atomic E-state index is 0.0377. The summed E-state index contributed by atoms with van der Waals surface area (Å²) in [6.07, 6.45) is 0. The summed E-state index contributed by atoms with van der Waals surface area (Å²) >= 11 is 10.9. The van der Waals surface area contributed by atoms with Gasteiger partial charge in [0.15, 0.2) is 0 Å². The third kappa shape index (κ3) is 2.36. The molecule has 0 aromatic heterocycles. The van der Waals surface area contributed by atoms with Gasteiger partial charge in [0.2, 0.25) is 0 Å². The van der Waals surface area contributed by atoms with Crippen LogP contribution in [0.15, 0.2) is 23.1 Å². The van der Waals surface area contributed by atoms with Crippen molar-refractivity contribution in [1.82, 2.24) is 0 Å². The van der Waals surface area contributed by atoms with Crippen LogP contribution in [-0.4, -0.2) is 24.7 Å². The minimum Gasteiger partial charge on any atom is -0.476 e. The smallest absolute Gasteiger partial charge is 0.444 e. The number of hydrogen-bond acceptors (Lipinski definition) is 3. The van der Waals surface area contributed by atoms with E-state index < -0.39 is 26.0 Å². The van der Waals surface area contributed by atoms with Crippen LogP contribution in [0.2, 0.25) is 10.0 Å². The second-order valence-electron chi connectivity index (χ2n) is 2.90. The predicted molar refractivity (Wildman–Crippen MR) is 56.2 cm³/mol. The number of carboxylic acid groups (broad SMARTS) is 1. The molecule has 9 heteroatoms. The maximum atomic E-state index is 13.0. The summed E-state index contributed by atoms with van der Waals surface area (Å²) in [4.78, 5) is 9.29. The van der Waals surface area contributed by atoms with Crippen molar-refractivity contribution in [3.05, 3.63) is 28.2 Å². The van der Waals surface area contributed by atoms with Gasteiger partial charge in [-0.15, -0.1) is 0 Å². The molecule has 1 N–H and O–H groups in total. The van der Waals surface area contributed by atoms with Crippen molar-refractivity contribution in [3.8, 4) is 0 Å². The summed E-state index contributed by atoms with van der Waals surface area (Å²) in [6.45, 7) is 0. The van der Waals surface area contributed by atoms with Crippen LogP contribution < -0.4 is 0 Å². The van der Waals surface area contributed by atoms with Crippen LogP contribution in [-0.2, 0) is 14.6 Å². The second kappa shape index (κ2) is 4.40. The van der Waals surface area contributed by atoms with Crippen molar-refractivity contribution in [2.75, 3.05) is 0 Å². The number of sulfone groups is 1. The molecule has 0 atom stereocenters. The molecule has 4 nitrogen and oxygen atoms in total. The van der Waals surface area contributed by atoms with E-state index in [0.29, 0.717) is 6.07 Å². The molecule has 17 heavy (non-hydrogen) atoms. The number of halogens is 4.